The number of phenols is 1. The number of phenolic OH excluding ortho intramolecular Hbond substituents is 1. The van der Waals surface area contributed by atoms with Gasteiger partial charge in [-0.25, -0.2) is 9.29 Å². The topological polar surface area (TPSA) is 104 Å². The van der Waals surface area contributed by atoms with Crippen molar-refractivity contribution < 1.29 is 33.4 Å². The van der Waals surface area contributed by atoms with Gasteiger partial charge in [-0.15, -0.1) is 0 Å². The Kier molecular flexibility index (Phi) is 6.07. The summed E-state index contributed by atoms with van der Waals surface area (Å²) in [5, 5.41) is 11.1. The van der Waals surface area contributed by atoms with E-state index in [1.807, 2.05) is 6.08 Å². The van der Waals surface area contributed by atoms with Gasteiger partial charge in [0.1, 0.15) is 5.82 Å². The van der Waals surface area contributed by atoms with Gasteiger partial charge in [0.15, 0.2) is 11.5 Å². The second-order valence-electron chi connectivity index (χ2n) is 11.1. The van der Waals surface area contributed by atoms with E-state index in [0.717, 1.165) is 16.5 Å². The van der Waals surface area contributed by atoms with Gasteiger partial charge in [-0.1, -0.05) is 35.4 Å². The van der Waals surface area contributed by atoms with Crippen LogP contribution in [0.15, 0.2) is 48.0 Å². The zero-order valence-corrected chi connectivity index (χ0v) is 22.9. The first-order valence-corrected chi connectivity index (χ1v) is 13.7. The van der Waals surface area contributed by atoms with E-state index in [4.69, 9.17) is 16.3 Å². The molecule has 0 radical (unpaired) electrons. The molecule has 208 valence electrons. The number of likely N-dealkylation sites (tertiary alicyclic amines) is 1. The predicted octanol–water partition coefficient (Wildman–Crippen LogP) is 4.44. The summed E-state index contributed by atoms with van der Waals surface area (Å²) in [5.41, 5.74) is -0.0642. The number of benzene rings is 2. The van der Waals surface area contributed by atoms with Crippen molar-refractivity contribution in [1.82, 2.24) is 4.90 Å². The fourth-order valence-electron chi connectivity index (χ4n) is 7.54. The number of ether oxygens (including phenoxy) is 1. The van der Waals surface area contributed by atoms with Crippen LogP contribution in [0.5, 0.6) is 11.5 Å². The zero-order chi connectivity index (χ0) is 28.7. The van der Waals surface area contributed by atoms with Crippen LogP contribution in [0, 0.1) is 34.9 Å². The van der Waals surface area contributed by atoms with E-state index in [2.05, 4.69) is 0 Å². The Morgan fingerprint density at radius 3 is 2.52 bits per heavy atom. The maximum absolute atomic E-state index is 14.3. The summed E-state index contributed by atoms with van der Waals surface area (Å²) >= 11 is 6.02. The monoisotopic (exact) mass is 566 g/mol. The van der Waals surface area contributed by atoms with Gasteiger partial charge >= 0.3 is 0 Å². The lowest BCUT2D eigenvalue weighted by atomic mass is 9.51. The summed E-state index contributed by atoms with van der Waals surface area (Å²) in [6.45, 7) is 3.71. The number of imide groups is 2. The van der Waals surface area contributed by atoms with Gasteiger partial charge < -0.3 is 9.84 Å². The molecular weight excluding hydrogens is 539 g/mol. The van der Waals surface area contributed by atoms with Crippen LogP contribution in [0.3, 0.4) is 0 Å². The smallest absolute Gasteiger partial charge is 0.241 e. The average molecular weight is 567 g/mol. The van der Waals surface area contributed by atoms with Crippen molar-refractivity contribution in [2.45, 2.75) is 32.6 Å². The predicted molar refractivity (Wildman–Crippen MR) is 143 cm³/mol. The molecule has 4 aliphatic rings. The van der Waals surface area contributed by atoms with Gasteiger partial charge in [0.05, 0.1) is 41.0 Å². The molecule has 6 rings (SSSR count). The largest absolute Gasteiger partial charge is 0.504 e. The van der Waals surface area contributed by atoms with Crippen LogP contribution in [-0.2, 0) is 19.2 Å². The van der Waals surface area contributed by atoms with Crippen molar-refractivity contribution >= 4 is 40.9 Å². The molecule has 3 fully saturated rings. The summed E-state index contributed by atoms with van der Waals surface area (Å²) in [6, 6.07) is 8.65. The van der Waals surface area contributed by atoms with Gasteiger partial charge in [0.2, 0.25) is 23.6 Å². The van der Waals surface area contributed by atoms with E-state index in [1.54, 1.807) is 32.0 Å². The second-order valence-corrected chi connectivity index (χ2v) is 11.5. The van der Waals surface area contributed by atoms with Gasteiger partial charge in [-0.05, 0) is 56.9 Å². The third-order valence-corrected chi connectivity index (χ3v) is 9.69. The highest BCUT2D eigenvalue weighted by Gasteiger charge is 2.67. The fourth-order valence-corrected chi connectivity index (χ4v) is 7.72. The summed E-state index contributed by atoms with van der Waals surface area (Å²) in [6.07, 6.45) is 2.41. The van der Waals surface area contributed by atoms with Gasteiger partial charge in [0.25, 0.3) is 0 Å². The molecule has 0 bridgehead atoms. The van der Waals surface area contributed by atoms with E-state index in [9.17, 15) is 28.7 Å². The van der Waals surface area contributed by atoms with Crippen molar-refractivity contribution in [2.75, 3.05) is 18.6 Å². The van der Waals surface area contributed by atoms with Crippen molar-refractivity contribution in [3.63, 3.8) is 0 Å². The van der Waals surface area contributed by atoms with Crippen LogP contribution in [0.25, 0.3) is 0 Å². The molecular formula is C30H28ClFN2O6. The highest BCUT2D eigenvalue weighted by Crippen LogP contribution is 2.64. The maximum atomic E-state index is 14.3. The number of aromatic hydroxyl groups is 1. The number of amides is 4. The molecule has 6 atom stereocenters. The number of carbonyl (C=O) groups excluding carboxylic acids is 4. The lowest BCUT2D eigenvalue weighted by molar-refractivity contribution is -0.140. The van der Waals surface area contributed by atoms with Crippen molar-refractivity contribution in [2.24, 2.45) is 29.1 Å². The third-order valence-electron chi connectivity index (χ3n) is 9.40. The summed E-state index contributed by atoms with van der Waals surface area (Å²) in [4.78, 5) is 57.3. The van der Waals surface area contributed by atoms with Gasteiger partial charge in [-0.3, -0.25) is 24.1 Å². The first-order chi connectivity index (χ1) is 19.1. The number of anilines is 1. The number of carbonyl (C=O) groups is 4. The Labute approximate surface area is 235 Å². The molecule has 2 aliphatic carbocycles. The minimum absolute atomic E-state index is 0.143. The van der Waals surface area contributed by atoms with E-state index in [0.29, 0.717) is 12.0 Å². The molecule has 1 N–H and O–H groups in total. The molecule has 1 saturated carbocycles. The van der Waals surface area contributed by atoms with E-state index < -0.39 is 52.6 Å². The number of nitrogens with zero attached hydrogens (tertiary/aromatic N) is 2. The van der Waals surface area contributed by atoms with Crippen molar-refractivity contribution in [3.05, 3.63) is 64.5 Å². The van der Waals surface area contributed by atoms with Crippen LogP contribution < -0.4 is 9.64 Å². The number of hydrogen-bond donors (Lipinski definition) is 1. The van der Waals surface area contributed by atoms with Crippen LogP contribution in [0.2, 0.25) is 5.02 Å². The lowest BCUT2D eigenvalue weighted by Gasteiger charge is -2.49. The quantitative estimate of drug-likeness (QED) is 0.433. The van der Waals surface area contributed by atoms with Crippen LogP contribution in [0.4, 0.5) is 10.1 Å². The second kappa shape index (κ2) is 9.16. The highest BCUT2D eigenvalue weighted by molar-refractivity contribution is 6.31. The fraction of sp³-hybridized carbons (Fsp3) is 0.400. The molecule has 0 aromatic heterocycles. The van der Waals surface area contributed by atoms with Crippen LogP contribution in [0.1, 0.15) is 38.2 Å². The number of rotatable bonds is 4. The Bertz CT molecular complexity index is 1520. The molecule has 10 heteroatoms. The molecule has 2 heterocycles. The van der Waals surface area contributed by atoms with E-state index in [-0.39, 0.29) is 47.0 Å². The molecule has 2 aromatic carbocycles. The molecule has 0 spiro atoms. The molecule has 6 unspecified atom stereocenters. The SMILES string of the molecule is CCN1C(=O)C2CC=C3C(CC4C(=O)N(c5ccc(F)c(Cl)c5)C(=O)C4(C)C3c3cccc(OC)c3O)C2C1=O. The Morgan fingerprint density at radius 2 is 1.85 bits per heavy atom. The minimum atomic E-state index is -1.35. The molecule has 40 heavy (non-hydrogen) atoms. The number of methoxy groups -OCH3 is 1. The standard InChI is InChI=1S/C30H28ClFN2O6/c1-4-33-26(36)16-10-9-15-18(23(16)28(33)38)13-19-27(37)34(14-8-11-21(32)20(31)12-14)29(39)30(19,2)24(15)17-6-5-7-22(40-3)25(17)35/h5-9,11-12,16,18-19,23-24,35H,4,10,13H2,1-3H3. The van der Waals surface area contributed by atoms with E-state index >= 15 is 0 Å². The molecule has 8 nitrogen and oxygen atoms in total. The minimum Gasteiger partial charge on any atom is -0.504 e. The molecule has 2 aromatic rings. The van der Waals surface area contributed by atoms with Gasteiger partial charge in [0, 0.05) is 18.0 Å². The van der Waals surface area contributed by atoms with Gasteiger partial charge in [-0.2, -0.15) is 0 Å². The van der Waals surface area contributed by atoms with Crippen molar-refractivity contribution in [1.29, 1.82) is 0 Å². The zero-order valence-electron chi connectivity index (χ0n) is 22.2. The molecule has 4 amide bonds. The van der Waals surface area contributed by atoms with Crippen LogP contribution in [-0.4, -0.2) is 47.3 Å². The molecule has 2 aliphatic heterocycles. The van der Waals surface area contributed by atoms with Crippen molar-refractivity contribution in [3.8, 4) is 11.5 Å². The number of allylic oxidation sites excluding steroid dienone is 2. The Hall–Kier alpha value is -3.72. The Morgan fingerprint density at radius 1 is 1.10 bits per heavy atom. The average Bonchev–Trinajstić information content (AvgIpc) is 3.30. The number of para-hydroxylation sites is 1. The number of hydrogen-bond acceptors (Lipinski definition) is 6. The normalized spacial score (nSPS) is 31.2. The first kappa shape index (κ1) is 26.5. The first-order valence-electron chi connectivity index (χ1n) is 13.3. The highest BCUT2D eigenvalue weighted by atomic mass is 35.5. The molecule has 2 saturated heterocycles. The Balaban J connectivity index is 1.55. The number of fused-ring (bicyclic) bond motifs is 4. The summed E-state index contributed by atoms with van der Waals surface area (Å²) < 4.78 is 19.3. The van der Waals surface area contributed by atoms with Crippen LogP contribution >= 0.6 is 11.6 Å². The summed E-state index contributed by atoms with van der Waals surface area (Å²) in [7, 11) is 1.42. The maximum Gasteiger partial charge on any atom is 0.241 e. The summed E-state index contributed by atoms with van der Waals surface area (Å²) in [5.74, 6) is -5.49. The number of halogens is 2. The lowest BCUT2D eigenvalue weighted by Crippen LogP contribution is -2.48. The third kappa shape index (κ3) is 3.36. The van der Waals surface area contributed by atoms with E-state index in [1.165, 1.54) is 24.1 Å².